The van der Waals surface area contributed by atoms with Gasteiger partial charge in [0.2, 0.25) is 5.89 Å². The van der Waals surface area contributed by atoms with Crippen molar-refractivity contribution in [1.82, 2.24) is 15.5 Å². The Morgan fingerprint density at radius 3 is 2.81 bits per heavy atom. The number of piperidine rings is 1. The highest BCUT2D eigenvalue weighted by molar-refractivity contribution is 5.20. The van der Waals surface area contributed by atoms with E-state index in [0.717, 1.165) is 43.8 Å². The third-order valence-corrected chi connectivity index (χ3v) is 4.35. The molecule has 0 amide bonds. The minimum absolute atomic E-state index is 0.0354. The second kappa shape index (κ2) is 5.93. The number of nitrogens with one attached hydrogen (secondary N) is 1. The Morgan fingerprint density at radius 1 is 1.33 bits per heavy atom. The van der Waals surface area contributed by atoms with Crippen LogP contribution >= 0.6 is 0 Å². The van der Waals surface area contributed by atoms with Gasteiger partial charge in [-0.1, -0.05) is 24.2 Å². The Bertz CT molecular complexity index is 588. The average molecular weight is 289 g/mol. The van der Waals surface area contributed by atoms with Gasteiger partial charge in [-0.05, 0) is 43.5 Å². The highest BCUT2D eigenvalue weighted by Crippen LogP contribution is 2.33. The highest BCUT2D eigenvalue weighted by atomic mass is 19.1. The number of rotatable bonds is 4. The molecule has 112 valence electrons. The third-order valence-electron chi connectivity index (χ3n) is 4.35. The molecule has 0 bridgehead atoms. The van der Waals surface area contributed by atoms with Gasteiger partial charge in [0, 0.05) is 13.0 Å². The molecule has 0 saturated carbocycles. The van der Waals surface area contributed by atoms with Crippen molar-refractivity contribution in [1.29, 1.82) is 0 Å². The lowest BCUT2D eigenvalue weighted by atomic mass is 9.78. The molecule has 3 rings (SSSR count). The van der Waals surface area contributed by atoms with Crippen LogP contribution in [0.1, 0.15) is 43.5 Å². The Morgan fingerprint density at radius 2 is 2.14 bits per heavy atom. The molecule has 0 radical (unpaired) electrons. The molecule has 1 N–H and O–H groups in total. The summed E-state index contributed by atoms with van der Waals surface area (Å²) in [4.78, 5) is 4.58. The third kappa shape index (κ3) is 2.97. The first-order valence-corrected chi connectivity index (χ1v) is 7.50. The fraction of sp³-hybridized carbons (Fsp3) is 0.500. The van der Waals surface area contributed by atoms with Crippen molar-refractivity contribution in [2.24, 2.45) is 0 Å². The van der Waals surface area contributed by atoms with Crippen molar-refractivity contribution in [3.05, 3.63) is 47.4 Å². The first-order chi connectivity index (χ1) is 10.2. The van der Waals surface area contributed by atoms with Gasteiger partial charge in [0.05, 0.1) is 5.41 Å². The van der Waals surface area contributed by atoms with Crippen LogP contribution in [0.2, 0.25) is 0 Å². The van der Waals surface area contributed by atoms with Gasteiger partial charge in [0.15, 0.2) is 5.82 Å². The highest BCUT2D eigenvalue weighted by Gasteiger charge is 2.37. The van der Waals surface area contributed by atoms with E-state index in [1.54, 1.807) is 12.1 Å². The fourth-order valence-electron chi connectivity index (χ4n) is 2.93. The van der Waals surface area contributed by atoms with E-state index in [1.807, 2.05) is 0 Å². The number of halogens is 1. The summed E-state index contributed by atoms with van der Waals surface area (Å²) in [6.07, 6.45) is 3.76. The van der Waals surface area contributed by atoms with Crippen molar-refractivity contribution < 1.29 is 8.91 Å². The molecule has 1 saturated heterocycles. The lowest BCUT2D eigenvalue weighted by molar-refractivity contribution is 0.220. The van der Waals surface area contributed by atoms with Crippen LogP contribution in [-0.2, 0) is 11.8 Å². The number of benzene rings is 1. The van der Waals surface area contributed by atoms with Crippen LogP contribution < -0.4 is 5.32 Å². The van der Waals surface area contributed by atoms with Gasteiger partial charge in [0.1, 0.15) is 5.82 Å². The predicted molar refractivity (Wildman–Crippen MR) is 77.6 cm³/mol. The Labute approximate surface area is 123 Å². The molecule has 5 heteroatoms. The molecule has 1 aliphatic heterocycles. The van der Waals surface area contributed by atoms with E-state index in [2.05, 4.69) is 22.4 Å². The fourth-order valence-corrected chi connectivity index (χ4v) is 2.93. The predicted octanol–water partition coefficient (Wildman–Crippen LogP) is 2.83. The molecular weight excluding hydrogens is 269 g/mol. The lowest BCUT2D eigenvalue weighted by Gasteiger charge is -2.33. The Kier molecular flexibility index (Phi) is 4.01. The topological polar surface area (TPSA) is 51.0 Å². The zero-order chi connectivity index (χ0) is 14.7. The zero-order valence-corrected chi connectivity index (χ0v) is 12.2. The van der Waals surface area contributed by atoms with Gasteiger partial charge in [0.25, 0.3) is 0 Å². The second-order valence-electron chi connectivity index (χ2n) is 5.73. The quantitative estimate of drug-likeness (QED) is 0.940. The van der Waals surface area contributed by atoms with Crippen molar-refractivity contribution in [2.75, 3.05) is 13.1 Å². The zero-order valence-electron chi connectivity index (χ0n) is 12.2. The molecule has 1 aromatic heterocycles. The van der Waals surface area contributed by atoms with Gasteiger partial charge in [-0.25, -0.2) is 4.39 Å². The van der Waals surface area contributed by atoms with Crippen LogP contribution in [0.3, 0.4) is 0 Å². The standard InChI is InChI=1S/C16H20FN3O/c1-2-16(8-3-9-18-11-16)15-19-14(20-21-15)10-12-4-6-13(17)7-5-12/h4-7,18H,2-3,8-11H2,1H3. The van der Waals surface area contributed by atoms with Gasteiger partial charge >= 0.3 is 0 Å². The molecule has 1 atom stereocenters. The van der Waals surface area contributed by atoms with Crippen LogP contribution in [0.4, 0.5) is 4.39 Å². The summed E-state index contributed by atoms with van der Waals surface area (Å²) in [6.45, 7) is 4.11. The maximum Gasteiger partial charge on any atom is 0.234 e. The molecule has 1 fully saturated rings. The Balaban J connectivity index is 1.77. The van der Waals surface area contributed by atoms with Crippen LogP contribution in [0.15, 0.2) is 28.8 Å². The molecule has 21 heavy (non-hydrogen) atoms. The molecule has 1 aliphatic rings. The molecule has 4 nitrogen and oxygen atoms in total. The van der Waals surface area contributed by atoms with E-state index in [-0.39, 0.29) is 11.2 Å². The van der Waals surface area contributed by atoms with E-state index in [0.29, 0.717) is 12.2 Å². The molecule has 0 aliphatic carbocycles. The largest absolute Gasteiger partial charge is 0.339 e. The minimum Gasteiger partial charge on any atom is -0.339 e. The van der Waals surface area contributed by atoms with Crippen LogP contribution in [-0.4, -0.2) is 23.2 Å². The summed E-state index contributed by atoms with van der Waals surface area (Å²) in [5, 5.41) is 7.52. The maximum absolute atomic E-state index is 12.9. The van der Waals surface area contributed by atoms with Crippen LogP contribution in [0.25, 0.3) is 0 Å². The monoisotopic (exact) mass is 289 g/mol. The van der Waals surface area contributed by atoms with E-state index in [9.17, 15) is 4.39 Å². The van der Waals surface area contributed by atoms with E-state index >= 15 is 0 Å². The van der Waals surface area contributed by atoms with Crippen molar-refractivity contribution in [3.8, 4) is 0 Å². The first-order valence-electron chi connectivity index (χ1n) is 7.50. The minimum atomic E-state index is -0.231. The van der Waals surface area contributed by atoms with E-state index in [4.69, 9.17) is 4.52 Å². The van der Waals surface area contributed by atoms with Gasteiger partial charge in [-0.2, -0.15) is 4.98 Å². The average Bonchev–Trinajstić information content (AvgIpc) is 2.99. The number of hydrogen-bond acceptors (Lipinski definition) is 4. The Hall–Kier alpha value is -1.75. The smallest absolute Gasteiger partial charge is 0.234 e. The summed E-state index contributed by atoms with van der Waals surface area (Å²) >= 11 is 0. The SMILES string of the molecule is CCC1(c2nc(Cc3ccc(F)cc3)no2)CCCNC1. The number of hydrogen-bond donors (Lipinski definition) is 1. The van der Waals surface area contributed by atoms with Crippen molar-refractivity contribution in [2.45, 2.75) is 38.0 Å². The van der Waals surface area contributed by atoms with Gasteiger partial charge in [-0.15, -0.1) is 0 Å². The van der Waals surface area contributed by atoms with Crippen molar-refractivity contribution >= 4 is 0 Å². The summed E-state index contributed by atoms with van der Waals surface area (Å²) in [5.74, 6) is 1.16. The molecule has 1 aromatic carbocycles. The van der Waals surface area contributed by atoms with E-state index < -0.39 is 0 Å². The van der Waals surface area contributed by atoms with E-state index in [1.165, 1.54) is 12.1 Å². The molecular formula is C16H20FN3O. The van der Waals surface area contributed by atoms with Gasteiger partial charge in [-0.3, -0.25) is 0 Å². The summed E-state index contributed by atoms with van der Waals surface area (Å²) in [6, 6.07) is 6.41. The summed E-state index contributed by atoms with van der Waals surface area (Å²) in [7, 11) is 0. The second-order valence-corrected chi connectivity index (χ2v) is 5.73. The first kappa shape index (κ1) is 14.2. The molecule has 0 spiro atoms. The molecule has 1 unspecified atom stereocenters. The lowest BCUT2D eigenvalue weighted by Crippen LogP contribution is -2.43. The molecule has 2 aromatic rings. The van der Waals surface area contributed by atoms with Crippen LogP contribution in [0, 0.1) is 5.82 Å². The maximum atomic E-state index is 12.9. The van der Waals surface area contributed by atoms with Crippen molar-refractivity contribution in [3.63, 3.8) is 0 Å². The summed E-state index contributed by atoms with van der Waals surface area (Å²) in [5.41, 5.74) is 0.947. The number of nitrogens with zero attached hydrogens (tertiary/aromatic N) is 2. The van der Waals surface area contributed by atoms with Gasteiger partial charge < -0.3 is 9.84 Å². The molecule has 2 heterocycles. The normalized spacial score (nSPS) is 22.4. The summed E-state index contributed by atoms with van der Waals surface area (Å²) < 4.78 is 18.4. The van der Waals surface area contributed by atoms with Crippen LogP contribution in [0.5, 0.6) is 0 Å². The number of aromatic nitrogens is 2.